The van der Waals surface area contributed by atoms with Gasteiger partial charge in [-0.2, -0.15) is 0 Å². The highest BCUT2D eigenvalue weighted by Gasteiger charge is 2.22. The van der Waals surface area contributed by atoms with Crippen molar-refractivity contribution in [1.82, 2.24) is 10.3 Å². The van der Waals surface area contributed by atoms with Crippen LogP contribution in [0.3, 0.4) is 0 Å². The Kier molecular flexibility index (Phi) is 6.36. The lowest BCUT2D eigenvalue weighted by Gasteiger charge is -2.19. The summed E-state index contributed by atoms with van der Waals surface area (Å²) in [5.41, 5.74) is 6.78. The number of ether oxygens (including phenoxy) is 1. The number of alkyl carbamates (subject to hydrolysis) is 1. The van der Waals surface area contributed by atoms with E-state index in [-0.39, 0.29) is 24.5 Å². The molecular formula is C16H18ClN3O4. The number of nitrogens with one attached hydrogen (secondary N) is 1. The first-order valence-corrected chi connectivity index (χ1v) is 7.56. The van der Waals surface area contributed by atoms with Crippen LogP contribution >= 0.6 is 11.6 Å². The highest BCUT2D eigenvalue weighted by atomic mass is 35.5. The van der Waals surface area contributed by atoms with Gasteiger partial charge in [-0.05, 0) is 11.6 Å². The number of benzene rings is 1. The third kappa shape index (κ3) is 5.09. The number of amides is 1. The molecule has 1 aromatic heterocycles. The minimum Gasteiger partial charge on any atom is -0.445 e. The average Bonchev–Trinajstić information content (AvgIpc) is 2.58. The molecule has 0 aliphatic rings. The first-order valence-electron chi connectivity index (χ1n) is 7.19. The van der Waals surface area contributed by atoms with Crippen molar-refractivity contribution in [1.29, 1.82) is 0 Å². The normalized spacial score (nSPS) is 13.1. The van der Waals surface area contributed by atoms with Gasteiger partial charge in [0.15, 0.2) is 0 Å². The highest BCUT2D eigenvalue weighted by molar-refractivity contribution is 6.30. The summed E-state index contributed by atoms with van der Waals surface area (Å²) in [7, 11) is 0. The van der Waals surface area contributed by atoms with E-state index < -0.39 is 18.3 Å². The average molecular weight is 352 g/mol. The summed E-state index contributed by atoms with van der Waals surface area (Å²) in [6.45, 7) is -0.116. The number of halogens is 1. The Labute approximate surface area is 144 Å². The van der Waals surface area contributed by atoms with Gasteiger partial charge in [0.1, 0.15) is 18.8 Å². The predicted molar refractivity (Wildman–Crippen MR) is 89.3 cm³/mol. The van der Waals surface area contributed by atoms with Crippen LogP contribution in [0.5, 0.6) is 0 Å². The van der Waals surface area contributed by atoms with E-state index in [9.17, 15) is 15.0 Å². The first-order chi connectivity index (χ1) is 11.5. The number of aliphatic hydroxyl groups is 2. The number of aromatic nitrogens is 1. The fraction of sp³-hybridized carbons (Fsp3) is 0.250. The molecule has 0 bridgehead atoms. The quantitative estimate of drug-likeness (QED) is 0.628. The number of anilines is 1. The topological polar surface area (TPSA) is 118 Å². The summed E-state index contributed by atoms with van der Waals surface area (Å²) in [5.74, 6) is 0. The van der Waals surface area contributed by atoms with Gasteiger partial charge in [-0.25, -0.2) is 4.79 Å². The third-order valence-corrected chi connectivity index (χ3v) is 3.44. The Bertz CT molecular complexity index is 684. The van der Waals surface area contributed by atoms with Gasteiger partial charge in [0, 0.05) is 12.7 Å². The van der Waals surface area contributed by atoms with Crippen LogP contribution in [0.2, 0.25) is 5.02 Å². The Morgan fingerprint density at radius 3 is 2.71 bits per heavy atom. The van der Waals surface area contributed by atoms with Crippen molar-refractivity contribution >= 4 is 23.4 Å². The Morgan fingerprint density at radius 1 is 1.33 bits per heavy atom. The number of rotatable bonds is 6. The summed E-state index contributed by atoms with van der Waals surface area (Å²) in [5, 5.41) is 22.7. The van der Waals surface area contributed by atoms with Gasteiger partial charge in [0.25, 0.3) is 0 Å². The van der Waals surface area contributed by atoms with Crippen LogP contribution in [0.1, 0.15) is 17.4 Å². The molecule has 128 valence electrons. The molecule has 24 heavy (non-hydrogen) atoms. The van der Waals surface area contributed by atoms with Crippen molar-refractivity contribution in [2.75, 3.05) is 12.3 Å². The van der Waals surface area contributed by atoms with Gasteiger partial charge < -0.3 is 26.0 Å². The smallest absolute Gasteiger partial charge is 0.407 e. The lowest BCUT2D eigenvalue weighted by atomic mass is 10.1. The molecule has 1 aromatic carbocycles. The molecule has 0 fully saturated rings. The summed E-state index contributed by atoms with van der Waals surface area (Å²) >= 11 is 5.73. The SMILES string of the molecule is Nc1cc(Cl)cnc1C(O)C(O)CNC(=O)OCc1ccccc1. The van der Waals surface area contributed by atoms with Crippen LogP contribution in [0.25, 0.3) is 0 Å². The second-order valence-corrected chi connectivity index (χ2v) is 5.52. The molecule has 7 nitrogen and oxygen atoms in total. The van der Waals surface area contributed by atoms with E-state index in [0.717, 1.165) is 5.56 Å². The van der Waals surface area contributed by atoms with Crippen LogP contribution in [0, 0.1) is 0 Å². The lowest BCUT2D eigenvalue weighted by Crippen LogP contribution is -2.36. The molecule has 2 unspecified atom stereocenters. The molecule has 0 spiro atoms. The van der Waals surface area contributed by atoms with Crippen molar-refractivity contribution in [3.63, 3.8) is 0 Å². The Morgan fingerprint density at radius 2 is 2.04 bits per heavy atom. The monoisotopic (exact) mass is 351 g/mol. The summed E-state index contributed by atoms with van der Waals surface area (Å²) < 4.78 is 5.00. The van der Waals surface area contributed by atoms with E-state index in [4.69, 9.17) is 22.1 Å². The van der Waals surface area contributed by atoms with E-state index in [1.807, 2.05) is 30.3 Å². The molecule has 1 amide bonds. The predicted octanol–water partition coefficient (Wildman–Crippen LogP) is 1.64. The van der Waals surface area contributed by atoms with Gasteiger partial charge in [0.05, 0.1) is 16.4 Å². The van der Waals surface area contributed by atoms with Gasteiger partial charge in [-0.1, -0.05) is 41.9 Å². The van der Waals surface area contributed by atoms with Gasteiger partial charge in [-0.15, -0.1) is 0 Å². The number of carbonyl (C=O) groups is 1. The van der Waals surface area contributed by atoms with E-state index >= 15 is 0 Å². The van der Waals surface area contributed by atoms with Crippen molar-refractivity contribution < 1.29 is 19.7 Å². The maximum atomic E-state index is 11.6. The zero-order valence-corrected chi connectivity index (χ0v) is 13.5. The van der Waals surface area contributed by atoms with Crippen LogP contribution in [-0.2, 0) is 11.3 Å². The molecule has 2 atom stereocenters. The molecule has 1 heterocycles. The van der Waals surface area contributed by atoms with Gasteiger partial charge >= 0.3 is 6.09 Å². The Hall–Kier alpha value is -2.35. The molecule has 0 aliphatic carbocycles. The van der Waals surface area contributed by atoms with Crippen molar-refractivity contribution in [2.45, 2.75) is 18.8 Å². The second-order valence-electron chi connectivity index (χ2n) is 5.08. The third-order valence-electron chi connectivity index (χ3n) is 3.23. The van der Waals surface area contributed by atoms with Gasteiger partial charge in [-0.3, -0.25) is 4.98 Å². The Balaban J connectivity index is 1.81. The summed E-state index contributed by atoms with van der Waals surface area (Å²) in [6.07, 6.45) is -2.06. The number of carbonyl (C=O) groups excluding carboxylic acids is 1. The number of nitrogen functional groups attached to an aromatic ring is 1. The van der Waals surface area contributed by atoms with Crippen molar-refractivity contribution in [3.8, 4) is 0 Å². The maximum absolute atomic E-state index is 11.6. The number of nitrogens with zero attached hydrogens (tertiary/aromatic N) is 1. The molecule has 2 aromatic rings. The fourth-order valence-corrected chi connectivity index (χ4v) is 2.13. The number of nitrogens with two attached hydrogens (primary N) is 1. The lowest BCUT2D eigenvalue weighted by molar-refractivity contribution is 0.0164. The van der Waals surface area contributed by atoms with Crippen LogP contribution < -0.4 is 11.1 Å². The number of hydrogen-bond donors (Lipinski definition) is 4. The van der Waals surface area contributed by atoms with Crippen LogP contribution in [0.4, 0.5) is 10.5 Å². The molecule has 2 rings (SSSR count). The minimum atomic E-state index is -1.36. The van der Waals surface area contributed by atoms with E-state index in [2.05, 4.69) is 10.3 Å². The van der Waals surface area contributed by atoms with Gasteiger partial charge in [0.2, 0.25) is 0 Å². The van der Waals surface area contributed by atoms with E-state index in [1.54, 1.807) is 0 Å². The molecule has 0 aliphatic heterocycles. The number of aliphatic hydroxyl groups excluding tert-OH is 2. The summed E-state index contributed by atoms with van der Waals surface area (Å²) in [6, 6.07) is 10.6. The largest absolute Gasteiger partial charge is 0.445 e. The number of hydrogen-bond acceptors (Lipinski definition) is 6. The van der Waals surface area contributed by atoms with E-state index in [1.165, 1.54) is 12.3 Å². The molecule has 0 saturated carbocycles. The van der Waals surface area contributed by atoms with Crippen LogP contribution in [-0.4, -0.2) is 33.9 Å². The fourth-order valence-electron chi connectivity index (χ4n) is 1.97. The zero-order chi connectivity index (χ0) is 17.5. The molecule has 8 heteroatoms. The first kappa shape index (κ1) is 18.0. The van der Waals surface area contributed by atoms with E-state index in [0.29, 0.717) is 5.02 Å². The highest BCUT2D eigenvalue weighted by Crippen LogP contribution is 2.23. The standard InChI is InChI=1S/C16H18ClN3O4/c17-11-6-12(18)14(19-7-11)15(22)13(21)8-20-16(23)24-9-10-4-2-1-3-5-10/h1-7,13,15,21-22H,8-9,18H2,(H,20,23). The molecular weight excluding hydrogens is 334 g/mol. The molecule has 0 saturated heterocycles. The second kappa shape index (κ2) is 8.49. The van der Waals surface area contributed by atoms with Crippen LogP contribution in [0.15, 0.2) is 42.6 Å². The zero-order valence-electron chi connectivity index (χ0n) is 12.7. The number of pyridine rings is 1. The summed E-state index contributed by atoms with van der Waals surface area (Å²) in [4.78, 5) is 15.5. The van der Waals surface area contributed by atoms with Crippen molar-refractivity contribution in [2.24, 2.45) is 0 Å². The van der Waals surface area contributed by atoms with Crippen molar-refractivity contribution in [3.05, 3.63) is 58.9 Å². The maximum Gasteiger partial charge on any atom is 0.407 e. The molecule has 0 radical (unpaired) electrons. The molecule has 5 N–H and O–H groups in total. The minimum absolute atomic E-state index is 0.0892.